The molecular formula is C14H21BrN2O. The average molecular weight is 313 g/mol. The fourth-order valence-corrected chi connectivity index (χ4v) is 2.31. The Bertz CT molecular complexity index is 378. The summed E-state index contributed by atoms with van der Waals surface area (Å²) in [6, 6.07) is 7.67. The zero-order valence-electron chi connectivity index (χ0n) is 11.1. The second-order valence-corrected chi connectivity index (χ2v) is 4.63. The highest BCUT2D eigenvalue weighted by molar-refractivity contribution is 9.08. The Morgan fingerprint density at radius 2 is 1.94 bits per heavy atom. The van der Waals surface area contributed by atoms with Gasteiger partial charge in [-0.1, -0.05) is 48.0 Å². The van der Waals surface area contributed by atoms with Crippen molar-refractivity contribution in [2.24, 2.45) is 0 Å². The summed E-state index contributed by atoms with van der Waals surface area (Å²) in [5.74, 6) is 0.0113. The Kier molecular flexibility index (Phi) is 6.98. The van der Waals surface area contributed by atoms with E-state index in [2.05, 4.69) is 40.0 Å². The number of hydrogen-bond donors (Lipinski definition) is 1. The number of hydrogen-bond acceptors (Lipinski definition) is 2. The van der Waals surface area contributed by atoms with Crippen LogP contribution >= 0.6 is 15.9 Å². The minimum absolute atomic E-state index is 0.0113. The molecule has 0 atom stereocenters. The van der Waals surface area contributed by atoms with Crippen LogP contribution in [-0.2, 0) is 5.33 Å². The van der Waals surface area contributed by atoms with Crippen molar-refractivity contribution in [2.45, 2.75) is 19.2 Å². The standard InChI is InChI=1S/C14H21BrN2O/c1-3-17(4-2)10-9-16-14(18)13-8-6-5-7-12(13)11-15/h5-8H,3-4,9-11H2,1-2H3,(H,16,18). The molecule has 4 heteroatoms. The summed E-state index contributed by atoms with van der Waals surface area (Å²) in [4.78, 5) is 14.3. The molecule has 3 nitrogen and oxygen atoms in total. The Labute approximate surface area is 118 Å². The van der Waals surface area contributed by atoms with E-state index in [4.69, 9.17) is 0 Å². The zero-order chi connectivity index (χ0) is 13.4. The smallest absolute Gasteiger partial charge is 0.251 e. The van der Waals surface area contributed by atoms with Crippen molar-refractivity contribution in [2.75, 3.05) is 26.2 Å². The van der Waals surface area contributed by atoms with Crippen LogP contribution in [0.25, 0.3) is 0 Å². The van der Waals surface area contributed by atoms with Gasteiger partial charge in [0.05, 0.1) is 0 Å². The van der Waals surface area contributed by atoms with Crippen LogP contribution in [0.5, 0.6) is 0 Å². The van der Waals surface area contributed by atoms with Crippen molar-refractivity contribution in [1.82, 2.24) is 10.2 Å². The van der Waals surface area contributed by atoms with Gasteiger partial charge >= 0.3 is 0 Å². The number of likely N-dealkylation sites (N-methyl/N-ethyl adjacent to an activating group) is 1. The first-order chi connectivity index (χ1) is 8.72. The van der Waals surface area contributed by atoms with Gasteiger partial charge in [-0.05, 0) is 24.7 Å². The van der Waals surface area contributed by atoms with E-state index >= 15 is 0 Å². The van der Waals surface area contributed by atoms with Crippen molar-refractivity contribution < 1.29 is 4.79 Å². The number of nitrogens with zero attached hydrogens (tertiary/aromatic N) is 1. The molecule has 0 saturated carbocycles. The predicted octanol–water partition coefficient (Wildman–Crippen LogP) is 2.65. The third-order valence-corrected chi connectivity index (χ3v) is 3.62. The summed E-state index contributed by atoms with van der Waals surface area (Å²) in [5.41, 5.74) is 1.78. The molecule has 1 rings (SSSR count). The highest BCUT2D eigenvalue weighted by Gasteiger charge is 2.09. The number of halogens is 1. The maximum Gasteiger partial charge on any atom is 0.251 e. The van der Waals surface area contributed by atoms with Crippen LogP contribution in [0.1, 0.15) is 29.8 Å². The van der Waals surface area contributed by atoms with E-state index in [1.807, 2.05) is 24.3 Å². The van der Waals surface area contributed by atoms with Crippen molar-refractivity contribution in [3.8, 4) is 0 Å². The minimum atomic E-state index is 0.0113. The van der Waals surface area contributed by atoms with E-state index in [1.54, 1.807) is 0 Å². The number of carbonyl (C=O) groups excluding carboxylic acids is 1. The van der Waals surface area contributed by atoms with E-state index in [1.165, 1.54) is 0 Å². The molecule has 0 aliphatic heterocycles. The highest BCUT2D eigenvalue weighted by Crippen LogP contribution is 2.12. The maximum atomic E-state index is 12.0. The predicted molar refractivity (Wildman–Crippen MR) is 79.2 cm³/mol. The van der Waals surface area contributed by atoms with Crippen molar-refractivity contribution in [3.63, 3.8) is 0 Å². The highest BCUT2D eigenvalue weighted by atomic mass is 79.9. The number of alkyl halides is 1. The summed E-state index contributed by atoms with van der Waals surface area (Å²) >= 11 is 3.40. The molecule has 1 amide bonds. The van der Waals surface area contributed by atoms with Crippen molar-refractivity contribution in [3.05, 3.63) is 35.4 Å². The van der Waals surface area contributed by atoms with Gasteiger partial charge < -0.3 is 10.2 Å². The summed E-state index contributed by atoms with van der Waals surface area (Å²) in [7, 11) is 0. The molecular weight excluding hydrogens is 292 g/mol. The SMILES string of the molecule is CCN(CC)CCNC(=O)c1ccccc1CBr. The van der Waals surface area contributed by atoms with Crippen LogP contribution in [0, 0.1) is 0 Å². The summed E-state index contributed by atoms with van der Waals surface area (Å²) in [5, 5.41) is 3.67. The molecule has 0 heterocycles. The van der Waals surface area contributed by atoms with Gasteiger partial charge in [-0.3, -0.25) is 4.79 Å². The second-order valence-electron chi connectivity index (χ2n) is 4.07. The van der Waals surface area contributed by atoms with Crippen LogP contribution in [0.15, 0.2) is 24.3 Å². The number of nitrogens with one attached hydrogen (secondary N) is 1. The third-order valence-electron chi connectivity index (χ3n) is 3.01. The van der Waals surface area contributed by atoms with Gasteiger partial charge in [0, 0.05) is 24.0 Å². The molecule has 0 radical (unpaired) electrons. The molecule has 18 heavy (non-hydrogen) atoms. The molecule has 0 bridgehead atoms. The van der Waals surface area contributed by atoms with Crippen LogP contribution in [0.2, 0.25) is 0 Å². The number of rotatable bonds is 7. The lowest BCUT2D eigenvalue weighted by molar-refractivity contribution is 0.0948. The van der Waals surface area contributed by atoms with Crippen LogP contribution in [-0.4, -0.2) is 37.0 Å². The molecule has 0 fully saturated rings. The van der Waals surface area contributed by atoms with Gasteiger partial charge in [-0.25, -0.2) is 0 Å². The van der Waals surface area contributed by atoms with E-state index in [-0.39, 0.29) is 5.91 Å². The molecule has 1 N–H and O–H groups in total. The topological polar surface area (TPSA) is 32.3 Å². The number of benzene rings is 1. The van der Waals surface area contributed by atoms with Gasteiger partial charge in [0.25, 0.3) is 5.91 Å². The van der Waals surface area contributed by atoms with E-state index in [9.17, 15) is 4.79 Å². The second kappa shape index (κ2) is 8.27. The fraction of sp³-hybridized carbons (Fsp3) is 0.500. The summed E-state index contributed by atoms with van der Waals surface area (Å²) in [6.45, 7) is 7.89. The molecule has 0 spiro atoms. The zero-order valence-corrected chi connectivity index (χ0v) is 12.7. The quantitative estimate of drug-likeness (QED) is 0.785. The van der Waals surface area contributed by atoms with Gasteiger partial charge in [0.2, 0.25) is 0 Å². The third kappa shape index (κ3) is 4.42. The molecule has 1 aromatic rings. The Hall–Kier alpha value is -0.870. The van der Waals surface area contributed by atoms with Gasteiger partial charge in [0.15, 0.2) is 0 Å². The van der Waals surface area contributed by atoms with E-state index in [0.29, 0.717) is 11.9 Å². The monoisotopic (exact) mass is 312 g/mol. The maximum absolute atomic E-state index is 12.0. The molecule has 0 aromatic heterocycles. The van der Waals surface area contributed by atoms with Crippen LogP contribution in [0.3, 0.4) is 0 Å². The summed E-state index contributed by atoms with van der Waals surface area (Å²) in [6.07, 6.45) is 0. The first kappa shape index (κ1) is 15.2. The van der Waals surface area contributed by atoms with Crippen LogP contribution in [0.4, 0.5) is 0 Å². The Balaban J connectivity index is 2.50. The molecule has 1 aromatic carbocycles. The lowest BCUT2D eigenvalue weighted by atomic mass is 10.1. The Morgan fingerprint density at radius 1 is 1.28 bits per heavy atom. The molecule has 0 saturated heterocycles. The lowest BCUT2D eigenvalue weighted by Gasteiger charge is -2.18. The first-order valence-electron chi connectivity index (χ1n) is 6.37. The average Bonchev–Trinajstić information content (AvgIpc) is 2.43. The van der Waals surface area contributed by atoms with Gasteiger partial charge in [-0.15, -0.1) is 0 Å². The van der Waals surface area contributed by atoms with Crippen molar-refractivity contribution in [1.29, 1.82) is 0 Å². The minimum Gasteiger partial charge on any atom is -0.351 e. The Morgan fingerprint density at radius 3 is 2.56 bits per heavy atom. The van der Waals surface area contributed by atoms with Gasteiger partial charge in [0.1, 0.15) is 0 Å². The fourth-order valence-electron chi connectivity index (χ4n) is 1.82. The van der Waals surface area contributed by atoms with E-state index in [0.717, 1.165) is 30.8 Å². The largest absolute Gasteiger partial charge is 0.351 e. The molecule has 0 aliphatic rings. The van der Waals surface area contributed by atoms with Crippen molar-refractivity contribution >= 4 is 21.8 Å². The molecule has 100 valence electrons. The number of amides is 1. The molecule has 0 unspecified atom stereocenters. The number of carbonyl (C=O) groups is 1. The first-order valence-corrected chi connectivity index (χ1v) is 7.49. The lowest BCUT2D eigenvalue weighted by Crippen LogP contribution is -2.35. The normalized spacial score (nSPS) is 10.7. The van der Waals surface area contributed by atoms with E-state index < -0.39 is 0 Å². The van der Waals surface area contributed by atoms with Crippen LogP contribution < -0.4 is 5.32 Å². The molecule has 0 aliphatic carbocycles. The van der Waals surface area contributed by atoms with Gasteiger partial charge in [-0.2, -0.15) is 0 Å². The summed E-state index contributed by atoms with van der Waals surface area (Å²) < 4.78 is 0.